The summed E-state index contributed by atoms with van der Waals surface area (Å²) in [6.07, 6.45) is 3.48. The minimum Gasteiger partial charge on any atom is -0.388 e. The molecule has 1 saturated carbocycles. The lowest BCUT2D eigenvalue weighted by atomic mass is 10.0. The van der Waals surface area contributed by atoms with Gasteiger partial charge in [-0.1, -0.05) is 57.0 Å². The number of hydrogen-bond acceptors (Lipinski definition) is 5. The van der Waals surface area contributed by atoms with Crippen molar-refractivity contribution in [1.82, 2.24) is 25.5 Å². The third kappa shape index (κ3) is 4.04. The maximum Gasteiger partial charge on any atom is 0.247 e. The lowest BCUT2D eigenvalue weighted by molar-refractivity contribution is -0.127. The zero-order valence-electron chi connectivity index (χ0n) is 14.7. The number of rotatable bonds is 6. The normalized spacial score (nSPS) is 17.6. The molecule has 1 fully saturated rings. The molecule has 7 nitrogen and oxygen atoms in total. The molecule has 0 spiro atoms. The molecule has 2 aromatic rings. The van der Waals surface area contributed by atoms with Gasteiger partial charge in [-0.2, -0.15) is 4.80 Å². The molecule has 7 heteroatoms. The Bertz CT molecular complexity index is 707. The summed E-state index contributed by atoms with van der Waals surface area (Å²) >= 11 is 0. The van der Waals surface area contributed by atoms with Crippen LogP contribution in [-0.4, -0.2) is 43.4 Å². The first kappa shape index (κ1) is 17.5. The van der Waals surface area contributed by atoms with Crippen LogP contribution in [0.2, 0.25) is 0 Å². The van der Waals surface area contributed by atoms with Crippen LogP contribution in [0.1, 0.15) is 45.6 Å². The quantitative estimate of drug-likeness (QED) is 0.836. The van der Waals surface area contributed by atoms with Gasteiger partial charge in [-0.25, -0.2) is 0 Å². The van der Waals surface area contributed by atoms with Gasteiger partial charge in [-0.3, -0.25) is 4.79 Å². The lowest BCUT2D eigenvalue weighted by Gasteiger charge is -2.25. The number of amides is 1. The van der Waals surface area contributed by atoms with Crippen molar-refractivity contribution in [2.24, 2.45) is 5.92 Å². The van der Waals surface area contributed by atoms with Crippen LogP contribution in [0.4, 0.5) is 0 Å². The molecule has 1 atom stereocenters. The Morgan fingerprint density at radius 1 is 1.28 bits per heavy atom. The van der Waals surface area contributed by atoms with E-state index in [9.17, 15) is 9.90 Å². The number of aliphatic hydroxyl groups is 1. The van der Waals surface area contributed by atoms with Gasteiger partial charge in [-0.15, -0.1) is 10.2 Å². The smallest absolute Gasteiger partial charge is 0.247 e. The fourth-order valence-corrected chi connectivity index (χ4v) is 3.29. The minimum absolute atomic E-state index is 0.00366. The predicted octanol–water partition coefficient (Wildman–Crippen LogP) is 1.96. The van der Waals surface area contributed by atoms with Crippen molar-refractivity contribution in [3.63, 3.8) is 0 Å². The first-order chi connectivity index (χ1) is 12.0. The van der Waals surface area contributed by atoms with E-state index in [4.69, 9.17) is 0 Å². The molecule has 0 saturated heterocycles. The zero-order valence-corrected chi connectivity index (χ0v) is 14.7. The van der Waals surface area contributed by atoms with E-state index in [1.54, 1.807) is 0 Å². The highest BCUT2D eigenvalue weighted by molar-refractivity contribution is 5.80. The van der Waals surface area contributed by atoms with Crippen LogP contribution in [-0.2, 0) is 4.79 Å². The number of hydrogen-bond donors (Lipinski definition) is 2. The molecule has 2 N–H and O–H groups in total. The molecule has 134 valence electrons. The van der Waals surface area contributed by atoms with Gasteiger partial charge in [0.05, 0.1) is 5.60 Å². The van der Waals surface area contributed by atoms with E-state index in [1.165, 1.54) is 4.80 Å². The standard InChI is InChI=1S/C18H25N5O2/c1-13(2)15(17(24)19-12-18(25)10-6-7-11-18)23-21-16(20-22-23)14-8-4-3-5-9-14/h3-5,8-9,13,15,25H,6-7,10-12H2,1-2H3,(H,19,24). The second-order valence-corrected chi connectivity index (χ2v) is 7.14. The third-order valence-corrected chi connectivity index (χ3v) is 4.74. The van der Waals surface area contributed by atoms with Crippen LogP contribution in [0.15, 0.2) is 30.3 Å². The summed E-state index contributed by atoms with van der Waals surface area (Å²) in [7, 11) is 0. The van der Waals surface area contributed by atoms with Crippen molar-refractivity contribution in [2.45, 2.75) is 51.2 Å². The Balaban J connectivity index is 1.72. The third-order valence-electron chi connectivity index (χ3n) is 4.74. The van der Waals surface area contributed by atoms with Gasteiger partial charge in [0.25, 0.3) is 0 Å². The first-order valence-corrected chi connectivity index (χ1v) is 8.83. The van der Waals surface area contributed by atoms with Crippen molar-refractivity contribution in [2.75, 3.05) is 6.54 Å². The van der Waals surface area contributed by atoms with Crippen LogP contribution in [0.5, 0.6) is 0 Å². The van der Waals surface area contributed by atoms with Gasteiger partial charge in [0.15, 0.2) is 6.04 Å². The van der Waals surface area contributed by atoms with Gasteiger partial charge in [0.1, 0.15) is 0 Å². The van der Waals surface area contributed by atoms with Crippen molar-refractivity contribution >= 4 is 5.91 Å². The van der Waals surface area contributed by atoms with E-state index in [0.717, 1.165) is 31.2 Å². The molecule has 1 amide bonds. The average molecular weight is 343 g/mol. The second-order valence-electron chi connectivity index (χ2n) is 7.14. The predicted molar refractivity (Wildman–Crippen MR) is 93.6 cm³/mol. The highest BCUT2D eigenvalue weighted by Gasteiger charge is 2.33. The van der Waals surface area contributed by atoms with Crippen LogP contribution >= 0.6 is 0 Å². The highest BCUT2D eigenvalue weighted by Crippen LogP contribution is 2.29. The summed E-state index contributed by atoms with van der Waals surface area (Å²) in [6.45, 7) is 4.16. The van der Waals surface area contributed by atoms with E-state index < -0.39 is 11.6 Å². The summed E-state index contributed by atoms with van der Waals surface area (Å²) in [5.74, 6) is 0.303. The van der Waals surface area contributed by atoms with Gasteiger partial charge in [0.2, 0.25) is 11.7 Å². The van der Waals surface area contributed by atoms with Gasteiger partial charge in [-0.05, 0) is 24.0 Å². The Morgan fingerprint density at radius 2 is 1.96 bits per heavy atom. The lowest BCUT2D eigenvalue weighted by Crippen LogP contribution is -2.44. The van der Waals surface area contributed by atoms with Crippen LogP contribution in [0.3, 0.4) is 0 Å². The SMILES string of the molecule is CC(C)C(C(=O)NCC1(O)CCCC1)n1nnc(-c2ccccc2)n1. The fourth-order valence-electron chi connectivity index (χ4n) is 3.29. The Kier molecular flexibility index (Phi) is 5.13. The molecule has 1 aliphatic rings. The van der Waals surface area contributed by atoms with E-state index in [0.29, 0.717) is 5.82 Å². The van der Waals surface area contributed by atoms with Crippen molar-refractivity contribution in [3.05, 3.63) is 30.3 Å². The van der Waals surface area contributed by atoms with Gasteiger partial charge >= 0.3 is 0 Å². The molecular weight excluding hydrogens is 318 g/mol. The van der Waals surface area contributed by atoms with E-state index in [2.05, 4.69) is 20.7 Å². The maximum absolute atomic E-state index is 12.7. The fraction of sp³-hybridized carbons (Fsp3) is 0.556. The number of tetrazole rings is 1. The minimum atomic E-state index is -0.776. The molecule has 1 aromatic heterocycles. The molecule has 1 heterocycles. The molecule has 3 rings (SSSR count). The molecule has 25 heavy (non-hydrogen) atoms. The molecular formula is C18H25N5O2. The van der Waals surface area contributed by atoms with E-state index in [-0.39, 0.29) is 18.4 Å². The van der Waals surface area contributed by atoms with Gasteiger partial charge < -0.3 is 10.4 Å². The first-order valence-electron chi connectivity index (χ1n) is 8.83. The number of carbonyl (C=O) groups excluding carboxylic acids is 1. The van der Waals surface area contributed by atoms with Crippen molar-refractivity contribution in [3.8, 4) is 11.4 Å². The zero-order chi connectivity index (χ0) is 17.9. The molecule has 0 bridgehead atoms. The molecule has 1 aliphatic carbocycles. The van der Waals surface area contributed by atoms with Crippen LogP contribution in [0, 0.1) is 5.92 Å². The topological polar surface area (TPSA) is 92.9 Å². The maximum atomic E-state index is 12.7. The average Bonchev–Trinajstić information content (AvgIpc) is 3.24. The van der Waals surface area contributed by atoms with E-state index >= 15 is 0 Å². The Hall–Kier alpha value is -2.28. The van der Waals surface area contributed by atoms with Crippen LogP contribution < -0.4 is 5.32 Å². The molecule has 0 radical (unpaired) electrons. The Labute approximate surface area is 147 Å². The Morgan fingerprint density at radius 3 is 2.60 bits per heavy atom. The summed E-state index contributed by atoms with van der Waals surface area (Å²) in [5.41, 5.74) is 0.0827. The molecule has 0 aliphatic heterocycles. The number of nitrogens with one attached hydrogen (secondary N) is 1. The molecule has 1 unspecified atom stereocenters. The van der Waals surface area contributed by atoms with Crippen LogP contribution in [0.25, 0.3) is 11.4 Å². The number of carbonyl (C=O) groups is 1. The monoisotopic (exact) mass is 343 g/mol. The summed E-state index contributed by atoms with van der Waals surface area (Å²) < 4.78 is 0. The van der Waals surface area contributed by atoms with Crippen molar-refractivity contribution in [1.29, 1.82) is 0 Å². The highest BCUT2D eigenvalue weighted by atomic mass is 16.3. The number of benzene rings is 1. The van der Waals surface area contributed by atoms with Gasteiger partial charge in [0, 0.05) is 12.1 Å². The summed E-state index contributed by atoms with van der Waals surface area (Å²) in [5, 5.41) is 25.8. The van der Waals surface area contributed by atoms with Crippen molar-refractivity contribution < 1.29 is 9.90 Å². The largest absolute Gasteiger partial charge is 0.388 e. The second kappa shape index (κ2) is 7.31. The summed E-state index contributed by atoms with van der Waals surface area (Å²) in [6, 6.07) is 8.99. The number of nitrogens with zero attached hydrogens (tertiary/aromatic N) is 4. The summed E-state index contributed by atoms with van der Waals surface area (Å²) in [4.78, 5) is 14.1. The molecule has 1 aromatic carbocycles. The number of aromatic nitrogens is 4. The van der Waals surface area contributed by atoms with E-state index in [1.807, 2.05) is 44.2 Å².